The summed E-state index contributed by atoms with van der Waals surface area (Å²) < 4.78 is 34.4. The van der Waals surface area contributed by atoms with Gasteiger partial charge < -0.3 is 14.3 Å². The molecule has 3 aliphatic heterocycles. The van der Waals surface area contributed by atoms with Gasteiger partial charge in [0.05, 0.1) is 4.90 Å². The average molecular weight is 559 g/mol. The first-order valence-electron chi connectivity index (χ1n) is 13.5. The minimum atomic E-state index is -3.76. The van der Waals surface area contributed by atoms with Crippen molar-refractivity contribution in [1.82, 2.24) is 19.3 Å². The van der Waals surface area contributed by atoms with E-state index in [0.717, 1.165) is 24.8 Å². The zero-order valence-electron chi connectivity index (χ0n) is 21.5. The van der Waals surface area contributed by atoms with Gasteiger partial charge in [-0.05, 0) is 69.1 Å². The lowest BCUT2D eigenvalue weighted by molar-refractivity contribution is 0.0670. The molecule has 38 heavy (non-hydrogen) atoms. The number of nitrogens with zero attached hydrogens (tertiary/aromatic N) is 4. The normalized spacial score (nSPS) is 19.4. The molecule has 10 heteroatoms. The molecule has 204 valence electrons. The van der Waals surface area contributed by atoms with Crippen LogP contribution in [0.3, 0.4) is 0 Å². The molecule has 8 nitrogen and oxygen atoms in total. The van der Waals surface area contributed by atoms with Crippen LogP contribution < -0.4 is 0 Å². The number of piperidine rings is 1. The van der Waals surface area contributed by atoms with Gasteiger partial charge in [-0.3, -0.25) is 4.79 Å². The van der Waals surface area contributed by atoms with Crippen LogP contribution in [0.1, 0.15) is 53.9 Å². The van der Waals surface area contributed by atoms with Crippen molar-refractivity contribution in [1.29, 1.82) is 0 Å². The number of aromatic nitrogens is 1. The van der Waals surface area contributed by atoms with E-state index in [1.807, 2.05) is 35.2 Å². The number of halogens is 1. The minimum absolute atomic E-state index is 0. The third kappa shape index (κ3) is 5.21. The second-order valence-corrected chi connectivity index (χ2v) is 12.5. The van der Waals surface area contributed by atoms with E-state index in [4.69, 9.17) is 4.52 Å². The fourth-order valence-electron chi connectivity index (χ4n) is 6.06. The highest BCUT2D eigenvalue weighted by atomic mass is 35.5. The van der Waals surface area contributed by atoms with Crippen LogP contribution in [0.15, 0.2) is 51.9 Å². The summed E-state index contributed by atoms with van der Waals surface area (Å²) in [5.74, 6) is 1.12. The molecule has 2 saturated heterocycles. The van der Waals surface area contributed by atoms with Crippen molar-refractivity contribution in [2.45, 2.75) is 50.0 Å². The molecular formula is C28H35ClN4O4S. The predicted molar refractivity (Wildman–Crippen MR) is 148 cm³/mol. The van der Waals surface area contributed by atoms with Crippen molar-refractivity contribution >= 4 is 39.1 Å². The Morgan fingerprint density at radius 3 is 2.50 bits per heavy atom. The van der Waals surface area contributed by atoms with Gasteiger partial charge >= 0.3 is 0 Å². The van der Waals surface area contributed by atoms with E-state index >= 15 is 0 Å². The molecule has 0 spiro atoms. The van der Waals surface area contributed by atoms with Gasteiger partial charge in [-0.15, -0.1) is 12.4 Å². The zero-order chi connectivity index (χ0) is 25.4. The van der Waals surface area contributed by atoms with E-state index in [-0.39, 0.29) is 35.4 Å². The smallest absolute Gasteiger partial charge is 0.276 e. The lowest BCUT2D eigenvalue weighted by Gasteiger charge is -2.32. The van der Waals surface area contributed by atoms with Gasteiger partial charge in [0, 0.05) is 43.5 Å². The van der Waals surface area contributed by atoms with E-state index in [1.54, 1.807) is 12.1 Å². The maximum atomic E-state index is 13.7. The fraction of sp³-hybridized carbons (Fsp3) is 0.500. The molecule has 2 fully saturated rings. The molecule has 0 aliphatic carbocycles. The average Bonchev–Trinajstić information content (AvgIpc) is 3.61. The molecule has 1 aromatic heterocycles. The van der Waals surface area contributed by atoms with Crippen LogP contribution in [-0.2, 0) is 23.0 Å². The molecule has 0 unspecified atom stereocenters. The zero-order valence-corrected chi connectivity index (χ0v) is 23.2. The standard InChI is InChI=1S/C28H34N4O4S.ClH/c33-28(31-17-11-21(12-18-31)10-16-30-14-3-4-15-30)27-24-20-32(19-13-25(24)36-29-27)37(34,35)26-9-5-7-22-6-1-2-8-23(22)26;/h1-2,5-9,21H,3-4,10-20H2;1H. The van der Waals surface area contributed by atoms with Gasteiger partial charge in [0.25, 0.3) is 5.91 Å². The van der Waals surface area contributed by atoms with Crippen molar-refractivity contribution < 1.29 is 17.7 Å². The fourth-order valence-corrected chi connectivity index (χ4v) is 7.69. The van der Waals surface area contributed by atoms with E-state index < -0.39 is 10.0 Å². The van der Waals surface area contributed by atoms with Crippen LogP contribution in [-0.4, -0.2) is 72.9 Å². The second kappa shape index (κ2) is 11.3. The minimum Gasteiger partial charge on any atom is -0.360 e. The molecule has 4 heterocycles. The summed E-state index contributed by atoms with van der Waals surface area (Å²) in [4.78, 5) is 18.1. The van der Waals surface area contributed by atoms with Crippen LogP contribution in [0.2, 0.25) is 0 Å². The highest BCUT2D eigenvalue weighted by molar-refractivity contribution is 7.89. The highest BCUT2D eigenvalue weighted by Crippen LogP contribution is 2.32. The Balaban J connectivity index is 0.00000294. The molecule has 0 saturated carbocycles. The van der Waals surface area contributed by atoms with Crippen molar-refractivity contribution in [3.05, 3.63) is 59.5 Å². The Morgan fingerprint density at radius 1 is 0.974 bits per heavy atom. The first-order chi connectivity index (χ1) is 18.0. The second-order valence-electron chi connectivity index (χ2n) is 10.6. The van der Waals surface area contributed by atoms with Crippen molar-refractivity contribution in [3.63, 3.8) is 0 Å². The molecule has 3 aliphatic rings. The van der Waals surface area contributed by atoms with Gasteiger partial charge in [-0.25, -0.2) is 8.42 Å². The number of benzene rings is 2. The van der Waals surface area contributed by atoms with Gasteiger partial charge in [0.1, 0.15) is 5.76 Å². The van der Waals surface area contributed by atoms with E-state index in [1.165, 1.54) is 36.7 Å². The lowest BCUT2D eigenvalue weighted by atomic mass is 9.93. The van der Waals surface area contributed by atoms with E-state index in [0.29, 0.717) is 48.7 Å². The van der Waals surface area contributed by atoms with Gasteiger partial charge in [0.2, 0.25) is 10.0 Å². The summed E-state index contributed by atoms with van der Waals surface area (Å²) in [5, 5.41) is 5.70. The van der Waals surface area contributed by atoms with Crippen LogP contribution in [0.4, 0.5) is 0 Å². The Bertz CT molecular complexity index is 1390. The summed E-state index contributed by atoms with van der Waals surface area (Å²) in [6.45, 7) is 5.42. The number of hydrogen-bond acceptors (Lipinski definition) is 6. The molecule has 0 radical (unpaired) electrons. The van der Waals surface area contributed by atoms with Crippen LogP contribution in [0, 0.1) is 5.92 Å². The maximum absolute atomic E-state index is 13.7. The number of fused-ring (bicyclic) bond motifs is 2. The monoisotopic (exact) mass is 558 g/mol. The SMILES string of the molecule is Cl.O=C(c1noc2c1CN(S(=O)(=O)c1cccc3ccccc13)CC2)N1CCC(CCN2CCCC2)CC1. The largest absolute Gasteiger partial charge is 0.360 e. The van der Waals surface area contributed by atoms with Gasteiger partial charge in [-0.2, -0.15) is 4.31 Å². The topological polar surface area (TPSA) is 87.0 Å². The van der Waals surface area contributed by atoms with Crippen molar-refractivity contribution in [2.75, 3.05) is 39.3 Å². The summed E-state index contributed by atoms with van der Waals surface area (Å²) in [7, 11) is -3.76. The van der Waals surface area contributed by atoms with Crippen molar-refractivity contribution in [3.8, 4) is 0 Å². The Hall–Kier alpha value is -2.46. The summed E-state index contributed by atoms with van der Waals surface area (Å²) in [5.41, 5.74) is 0.875. The predicted octanol–water partition coefficient (Wildman–Crippen LogP) is 4.33. The van der Waals surface area contributed by atoms with Crippen LogP contribution in [0.25, 0.3) is 10.8 Å². The number of sulfonamides is 1. The quantitative estimate of drug-likeness (QED) is 0.447. The molecule has 0 bridgehead atoms. The maximum Gasteiger partial charge on any atom is 0.276 e. The van der Waals surface area contributed by atoms with Gasteiger partial charge in [0.15, 0.2) is 5.69 Å². The summed E-state index contributed by atoms with van der Waals surface area (Å²) in [6.07, 6.45) is 6.23. The first-order valence-corrected chi connectivity index (χ1v) is 14.9. The number of amides is 1. The van der Waals surface area contributed by atoms with Crippen LogP contribution >= 0.6 is 12.4 Å². The van der Waals surface area contributed by atoms with Crippen LogP contribution in [0.5, 0.6) is 0 Å². The number of hydrogen-bond donors (Lipinski definition) is 0. The molecule has 0 atom stereocenters. The third-order valence-corrected chi connectivity index (χ3v) is 10.2. The number of carbonyl (C=O) groups excluding carboxylic acids is 1. The summed E-state index contributed by atoms with van der Waals surface area (Å²) in [6, 6.07) is 12.8. The van der Waals surface area contributed by atoms with Crippen molar-refractivity contribution in [2.24, 2.45) is 5.92 Å². The highest BCUT2D eigenvalue weighted by Gasteiger charge is 2.36. The van der Waals surface area contributed by atoms with Gasteiger partial charge in [-0.1, -0.05) is 41.6 Å². The molecule has 1 amide bonds. The molecule has 6 rings (SSSR count). The molecular weight excluding hydrogens is 524 g/mol. The number of carbonyl (C=O) groups is 1. The van der Waals surface area contributed by atoms with E-state index in [9.17, 15) is 13.2 Å². The molecule has 3 aromatic rings. The Labute approximate surface area is 230 Å². The Kier molecular flexibility index (Phi) is 8.09. The third-order valence-electron chi connectivity index (χ3n) is 8.32. The first kappa shape index (κ1) is 27.1. The molecule has 0 N–H and O–H groups in total. The number of rotatable bonds is 6. The molecule has 2 aromatic carbocycles. The summed E-state index contributed by atoms with van der Waals surface area (Å²) >= 11 is 0. The number of likely N-dealkylation sites (tertiary alicyclic amines) is 2. The Morgan fingerprint density at radius 2 is 1.71 bits per heavy atom. The van der Waals surface area contributed by atoms with E-state index in [2.05, 4.69) is 10.1 Å². The lowest BCUT2D eigenvalue weighted by Crippen LogP contribution is -2.41.